The summed E-state index contributed by atoms with van der Waals surface area (Å²) in [5.74, 6) is -4.83. The minimum absolute atomic E-state index is 0.0346. The fraction of sp³-hybridized carbons (Fsp3) is 0.676. The summed E-state index contributed by atoms with van der Waals surface area (Å²) in [6.45, 7) is 5.68. The molecule has 11 atom stereocenters. The summed E-state index contributed by atoms with van der Waals surface area (Å²) < 4.78 is 17.7. The zero-order valence-corrected chi connectivity index (χ0v) is 29.3. The molecule has 280 valence electrons. The van der Waals surface area contributed by atoms with Crippen LogP contribution in [0.15, 0.2) is 41.5 Å². The van der Waals surface area contributed by atoms with Crippen molar-refractivity contribution in [2.45, 2.75) is 127 Å². The average molecular weight is 716 g/mol. The molecule has 51 heavy (non-hydrogen) atoms. The van der Waals surface area contributed by atoms with E-state index < -0.39 is 101 Å². The number of carbonyl (C=O) groups is 4. The van der Waals surface area contributed by atoms with Gasteiger partial charge in [0.1, 0.15) is 29.5 Å². The molecular weight excluding hydrogens is 666 g/mol. The third kappa shape index (κ3) is 5.78. The molecule has 2 bridgehead atoms. The van der Waals surface area contributed by atoms with Gasteiger partial charge in [-0.05, 0) is 55.9 Å². The van der Waals surface area contributed by atoms with Gasteiger partial charge in [-0.25, -0.2) is 14.4 Å². The van der Waals surface area contributed by atoms with Crippen molar-refractivity contribution in [2.24, 2.45) is 22.7 Å². The van der Waals surface area contributed by atoms with E-state index in [1.807, 2.05) is 0 Å². The Labute approximate surface area is 295 Å². The van der Waals surface area contributed by atoms with Crippen LogP contribution in [-0.4, -0.2) is 115 Å². The maximum atomic E-state index is 14.6. The van der Waals surface area contributed by atoms with Crippen LogP contribution in [0.2, 0.25) is 0 Å². The highest BCUT2D eigenvalue weighted by atomic mass is 16.6. The summed E-state index contributed by atoms with van der Waals surface area (Å²) in [7, 11) is 0. The van der Waals surface area contributed by atoms with Crippen molar-refractivity contribution in [2.75, 3.05) is 6.61 Å². The normalized spacial score (nSPS) is 38.8. The van der Waals surface area contributed by atoms with Gasteiger partial charge in [0.05, 0.1) is 35.8 Å². The number of ether oxygens (including phenoxy) is 3. The van der Waals surface area contributed by atoms with Crippen molar-refractivity contribution in [3.8, 4) is 0 Å². The topological polar surface area (TPSA) is 229 Å². The molecule has 6 rings (SSSR count). The number of benzene rings is 1. The Morgan fingerprint density at radius 3 is 2.24 bits per heavy atom. The lowest BCUT2D eigenvalue weighted by Gasteiger charge is -2.66. The number of hydrogen-bond acceptors (Lipinski definition) is 12. The molecule has 7 N–H and O–H groups in total. The van der Waals surface area contributed by atoms with E-state index in [0.717, 1.165) is 19.3 Å². The number of amides is 1. The van der Waals surface area contributed by atoms with Crippen LogP contribution in [0.3, 0.4) is 0 Å². The zero-order valence-electron chi connectivity index (χ0n) is 29.3. The number of aliphatic hydroxyl groups is 5. The van der Waals surface area contributed by atoms with E-state index in [9.17, 15) is 49.8 Å². The number of carboxylic acid groups (broad SMARTS) is 1. The summed E-state index contributed by atoms with van der Waals surface area (Å²) in [6, 6.07) is 6.70. The highest BCUT2D eigenvalue weighted by Gasteiger charge is 2.76. The third-order valence-corrected chi connectivity index (χ3v) is 12.9. The standard InChI is InChI=1S/C37H49NO13/c1-18-21(50-32(44)27(41)25(38-33(45)46)19-11-7-5-8-12-19)16-37(48)30(51-31(43)20-13-9-6-10-14-20)28-35(4,22(39)15-23-36(28,47)17-49-23)29(42)26(40)24(18)34(37,2)3/h6,9-10,13-14,19,21-23,25-28,30,38-41,47-48H,5,7-8,11-12,15-17H2,1-4H3,(H,45,46)/t21?,22-,23+,25-,26+,27+,28-,30-,35+,36-,37+/m0/s1. The lowest BCUT2D eigenvalue weighted by atomic mass is 9.44. The van der Waals surface area contributed by atoms with E-state index in [0.29, 0.717) is 12.8 Å². The molecule has 4 fully saturated rings. The number of carbonyl (C=O) groups excluding carboxylic acids is 3. The molecule has 1 saturated heterocycles. The average Bonchev–Trinajstić information content (AvgIpc) is 3.09. The van der Waals surface area contributed by atoms with Crippen LogP contribution in [-0.2, 0) is 23.8 Å². The molecule has 4 aliphatic carbocycles. The van der Waals surface area contributed by atoms with E-state index >= 15 is 0 Å². The van der Waals surface area contributed by atoms with E-state index in [1.165, 1.54) is 26.0 Å². The Hall–Kier alpha value is -3.40. The fourth-order valence-electron chi connectivity index (χ4n) is 9.82. The van der Waals surface area contributed by atoms with Crippen molar-refractivity contribution in [1.82, 2.24) is 5.32 Å². The minimum atomic E-state index is -2.29. The number of fused-ring (bicyclic) bond motifs is 5. The fourth-order valence-corrected chi connectivity index (χ4v) is 9.82. The number of nitrogens with one attached hydrogen (secondary N) is 1. The Morgan fingerprint density at radius 1 is 1.00 bits per heavy atom. The molecule has 0 radical (unpaired) electrons. The highest BCUT2D eigenvalue weighted by Crippen LogP contribution is 2.63. The van der Waals surface area contributed by atoms with Gasteiger partial charge in [0.25, 0.3) is 0 Å². The number of Topliss-reactive ketones (excluding diaryl/α,β-unsaturated/α-hetero) is 1. The second-order valence-electron chi connectivity index (χ2n) is 15.9. The second kappa shape index (κ2) is 13.2. The molecule has 5 aliphatic rings. The van der Waals surface area contributed by atoms with Gasteiger partial charge in [0, 0.05) is 24.2 Å². The van der Waals surface area contributed by atoms with Gasteiger partial charge < -0.3 is 50.2 Å². The van der Waals surface area contributed by atoms with Gasteiger partial charge in [-0.15, -0.1) is 0 Å². The number of rotatable bonds is 7. The molecule has 14 nitrogen and oxygen atoms in total. The number of hydrogen-bond donors (Lipinski definition) is 7. The first-order valence-electron chi connectivity index (χ1n) is 17.7. The predicted molar refractivity (Wildman–Crippen MR) is 177 cm³/mol. The van der Waals surface area contributed by atoms with Crippen molar-refractivity contribution in [3.63, 3.8) is 0 Å². The Balaban J connectivity index is 1.46. The highest BCUT2D eigenvalue weighted by molar-refractivity contribution is 5.94. The first kappa shape index (κ1) is 37.4. The largest absolute Gasteiger partial charge is 0.465 e. The summed E-state index contributed by atoms with van der Waals surface area (Å²) in [5, 5.41) is 71.9. The van der Waals surface area contributed by atoms with Gasteiger partial charge in [0.15, 0.2) is 11.9 Å². The summed E-state index contributed by atoms with van der Waals surface area (Å²) >= 11 is 0. The van der Waals surface area contributed by atoms with Crippen LogP contribution in [0, 0.1) is 22.7 Å². The molecule has 1 heterocycles. The maximum Gasteiger partial charge on any atom is 0.404 e. The Morgan fingerprint density at radius 2 is 1.65 bits per heavy atom. The van der Waals surface area contributed by atoms with Crippen LogP contribution in [0.25, 0.3) is 0 Å². The van der Waals surface area contributed by atoms with Crippen LogP contribution in [0.4, 0.5) is 4.79 Å². The van der Waals surface area contributed by atoms with Gasteiger partial charge in [-0.3, -0.25) is 4.79 Å². The lowest BCUT2D eigenvalue weighted by Crippen LogP contribution is -2.81. The molecule has 1 amide bonds. The van der Waals surface area contributed by atoms with Gasteiger partial charge in [0.2, 0.25) is 0 Å². The minimum Gasteiger partial charge on any atom is -0.465 e. The molecule has 3 saturated carbocycles. The quantitative estimate of drug-likeness (QED) is 0.158. The lowest BCUT2D eigenvalue weighted by molar-refractivity contribution is -0.343. The predicted octanol–water partition coefficient (Wildman–Crippen LogP) is 1.64. The summed E-state index contributed by atoms with van der Waals surface area (Å²) in [4.78, 5) is 53.9. The first-order chi connectivity index (χ1) is 23.9. The van der Waals surface area contributed by atoms with E-state index in [2.05, 4.69) is 5.32 Å². The second-order valence-corrected chi connectivity index (χ2v) is 15.9. The van der Waals surface area contributed by atoms with Crippen LogP contribution < -0.4 is 5.32 Å². The maximum absolute atomic E-state index is 14.6. The Kier molecular flexibility index (Phi) is 9.69. The molecule has 1 aromatic carbocycles. The van der Waals surface area contributed by atoms with Gasteiger partial charge in [-0.1, -0.05) is 51.3 Å². The molecule has 1 aliphatic heterocycles. The van der Waals surface area contributed by atoms with Crippen LogP contribution in [0.1, 0.15) is 83.0 Å². The number of aliphatic hydroxyl groups excluding tert-OH is 3. The summed E-state index contributed by atoms with van der Waals surface area (Å²) in [5.41, 5.74) is -7.45. The molecule has 1 aromatic rings. The van der Waals surface area contributed by atoms with Gasteiger partial charge >= 0.3 is 18.0 Å². The summed E-state index contributed by atoms with van der Waals surface area (Å²) in [6.07, 6.45) is -7.89. The molecule has 14 heteroatoms. The van der Waals surface area contributed by atoms with Crippen LogP contribution >= 0.6 is 0 Å². The SMILES string of the molecule is CC1=C2[C@@H](O)C(=O)[C@@]3(C)[C@H]([C@H](OC(=O)c4ccccc4)[C@](O)(CC1OC(=O)[C@H](O)[C@@H](NC(=O)O)C1CCCCC1)C2(C)C)[C@]1(O)CO[C@@H]1C[C@@H]3O. The van der Waals surface area contributed by atoms with E-state index in [1.54, 1.807) is 32.0 Å². The van der Waals surface area contributed by atoms with Crippen molar-refractivity contribution in [3.05, 3.63) is 47.0 Å². The van der Waals surface area contributed by atoms with E-state index in [4.69, 9.17) is 14.2 Å². The number of esters is 2. The number of ketones is 1. The molecule has 0 spiro atoms. The van der Waals surface area contributed by atoms with Crippen LogP contribution in [0.5, 0.6) is 0 Å². The Bertz CT molecular complexity index is 1590. The monoisotopic (exact) mass is 715 g/mol. The molecule has 1 unspecified atom stereocenters. The van der Waals surface area contributed by atoms with Gasteiger partial charge in [-0.2, -0.15) is 0 Å². The van der Waals surface area contributed by atoms with Crippen molar-refractivity contribution >= 4 is 23.8 Å². The third-order valence-electron chi connectivity index (χ3n) is 12.9. The zero-order chi connectivity index (χ0) is 37.3. The van der Waals surface area contributed by atoms with Crippen molar-refractivity contribution in [1.29, 1.82) is 0 Å². The molecule has 0 aromatic heterocycles. The van der Waals surface area contributed by atoms with Crippen molar-refractivity contribution < 1.29 is 64.0 Å². The van der Waals surface area contributed by atoms with E-state index in [-0.39, 0.29) is 35.7 Å². The molecular formula is C37H49NO13. The smallest absolute Gasteiger partial charge is 0.404 e. The first-order valence-corrected chi connectivity index (χ1v) is 17.7.